The predicted molar refractivity (Wildman–Crippen MR) is 210 cm³/mol. The molecule has 2 heteroatoms. The average molecular weight is 637 g/mol. The van der Waals surface area contributed by atoms with Crippen molar-refractivity contribution < 1.29 is 8.83 Å². The Labute approximate surface area is 287 Å². The van der Waals surface area contributed by atoms with Crippen LogP contribution < -0.4 is 0 Å². The number of benzene rings is 9. The highest BCUT2D eigenvalue weighted by atomic mass is 16.3. The number of hydrogen-bond acceptors (Lipinski definition) is 2. The summed E-state index contributed by atoms with van der Waals surface area (Å²) in [5.41, 5.74) is 8.34. The summed E-state index contributed by atoms with van der Waals surface area (Å²) >= 11 is 0. The molecule has 0 atom stereocenters. The van der Waals surface area contributed by atoms with E-state index in [1.807, 2.05) is 12.1 Å². The third-order valence-corrected chi connectivity index (χ3v) is 10.4. The van der Waals surface area contributed by atoms with Crippen LogP contribution in [0.25, 0.3) is 110 Å². The molecule has 0 aliphatic carbocycles. The molecule has 0 saturated carbocycles. The quantitative estimate of drug-likeness (QED) is 0.142. The molecule has 2 nitrogen and oxygen atoms in total. The first-order valence-electron chi connectivity index (χ1n) is 17.1. The van der Waals surface area contributed by atoms with Crippen molar-refractivity contribution in [2.24, 2.45) is 0 Å². The van der Waals surface area contributed by atoms with E-state index < -0.39 is 0 Å². The van der Waals surface area contributed by atoms with Gasteiger partial charge in [0.1, 0.15) is 22.5 Å². The summed E-state index contributed by atoms with van der Waals surface area (Å²) in [5.74, 6) is 0.858. The van der Waals surface area contributed by atoms with E-state index in [9.17, 15) is 0 Å². The van der Waals surface area contributed by atoms with Crippen molar-refractivity contribution in [2.75, 3.05) is 0 Å². The zero-order chi connectivity index (χ0) is 32.8. The van der Waals surface area contributed by atoms with Gasteiger partial charge >= 0.3 is 0 Å². The topological polar surface area (TPSA) is 26.3 Å². The standard InChI is InChI=1S/C48H28O2/c1-2-14-29(15-3-1)48-47(41-28-43-39(27-44(41)50-48)34-20-12-13-25-42(34)49-43)46-37-23-10-8-21-35(37)45(36-22-9-11-24-38(36)46)40-26-30-16-4-5-17-31(30)32-18-6-7-19-33(32)40/h1-28H. The summed E-state index contributed by atoms with van der Waals surface area (Å²) in [5, 5.41) is 13.0. The van der Waals surface area contributed by atoms with Gasteiger partial charge in [0.2, 0.25) is 0 Å². The van der Waals surface area contributed by atoms with Gasteiger partial charge in [-0.1, -0.05) is 146 Å². The molecule has 0 fully saturated rings. The molecular weight excluding hydrogens is 609 g/mol. The molecule has 2 heterocycles. The lowest BCUT2D eigenvalue weighted by molar-refractivity contribution is 0.632. The van der Waals surface area contributed by atoms with Crippen LogP contribution in [-0.2, 0) is 0 Å². The van der Waals surface area contributed by atoms with Gasteiger partial charge in [0.15, 0.2) is 0 Å². The van der Waals surface area contributed by atoms with E-state index in [1.165, 1.54) is 54.2 Å². The van der Waals surface area contributed by atoms with Gasteiger partial charge in [-0.3, -0.25) is 0 Å². The van der Waals surface area contributed by atoms with Crippen LogP contribution in [0.5, 0.6) is 0 Å². The first-order valence-corrected chi connectivity index (χ1v) is 17.1. The molecule has 9 aromatic carbocycles. The van der Waals surface area contributed by atoms with Gasteiger partial charge in [-0.05, 0) is 78.5 Å². The Hall–Kier alpha value is -6.64. The molecule has 0 aliphatic rings. The van der Waals surface area contributed by atoms with Crippen molar-refractivity contribution in [2.45, 2.75) is 0 Å². The van der Waals surface area contributed by atoms with Crippen LogP contribution in [0.15, 0.2) is 179 Å². The van der Waals surface area contributed by atoms with Gasteiger partial charge in [-0.15, -0.1) is 0 Å². The Kier molecular flexibility index (Phi) is 5.70. The van der Waals surface area contributed by atoms with Crippen LogP contribution in [-0.4, -0.2) is 0 Å². The minimum Gasteiger partial charge on any atom is -0.456 e. The maximum atomic E-state index is 6.94. The third kappa shape index (κ3) is 3.85. The number of hydrogen-bond donors (Lipinski definition) is 0. The van der Waals surface area contributed by atoms with Gasteiger partial charge in [0, 0.05) is 32.8 Å². The number of rotatable bonds is 3. The van der Waals surface area contributed by atoms with E-state index in [2.05, 4.69) is 158 Å². The van der Waals surface area contributed by atoms with E-state index in [0.717, 1.165) is 55.4 Å². The van der Waals surface area contributed by atoms with E-state index in [4.69, 9.17) is 8.83 Å². The second kappa shape index (κ2) is 10.4. The fourth-order valence-electron chi connectivity index (χ4n) is 8.30. The lowest BCUT2D eigenvalue weighted by atomic mass is 9.83. The lowest BCUT2D eigenvalue weighted by Crippen LogP contribution is -1.93. The predicted octanol–water partition coefficient (Wildman–Crippen LogP) is 13.9. The number of fused-ring (bicyclic) bond motifs is 9. The van der Waals surface area contributed by atoms with Crippen molar-refractivity contribution in [3.8, 4) is 33.6 Å². The summed E-state index contributed by atoms with van der Waals surface area (Å²) in [4.78, 5) is 0. The maximum Gasteiger partial charge on any atom is 0.143 e. The van der Waals surface area contributed by atoms with Crippen LogP contribution in [0, 0.1) is 0 Å². The lowest BCUT2D eigenvalue weighted by Gasteiger charge is -2.19. The van der Waals surface area contributed by atoms with Crippen molar-refractivity contribution in [3.05, 3.63) is 170 Å². The van der Waals surface area contributed by atoms with E-state index in [0.29, 0.717) is 0 Å². The molecule has 11 rings (SSSR count). The first-order chi connectivity index (χ1) is 24.8. The molecule has 50 heavy (non-hydrogen) atoms. The minimum atomic E-state index is 0.843. The van der Waals surface area contributed by atoms with E-state index in [1.54, 1.807) is 0 Å². The molecule has 0 saturated heterocycles. The Morgan fingerprint density at radius 2 is 0.800 bits per heavy atom. The van der Waals surface area contributed by atoms with Crippen molar-refractivity contribution >= 4 is 76.0 Å². The van der Waals surface area contributed by atoms with Crippen LogP contribution in [0.1, 0.15) is 0 Å². The summed E-state index contributed by atoms with van der Waals surface area (Å²) in [7, 11) is 0. The number of para-hydroxylation sites is 1. The summed E-state index contributed by atoms with van der Waals surface area (Å²) in [6, 6.07) is 60.7. The average Bonchev–Trinajstić information content (AvgIpc) is 3.73. The Bertz CT molecular complexity index is 3080. The molecular formula is C48H28O2. The molecule has 0 bridgehead atoms. The summed E-state index contributed by atoms with van der Waals surface area (Å²) < 4.78 is 13.4. The van der Waals surface area contributed by atoms with Gasteiger partial charge in [-0.2, -0.15) is 0 Å². The molecule has 0 unspecified atom stereocenters. The first kappa shape index (κ1) is 27.3. The smallest absolute Gasteiger partial charge is 0.143 e. The Balaban J connectivity index is 1.32. The molecule has 0 spiro atoms. The fraction of sp³-hybridized carbons (Fsp3) is 0. The molecule has 0 N–H and O–H groups in total. The number of furan rings is 2. The van der Waals surface area contributed by atoms with Crippen molar-refractivity contribution in [1.82, 2.24) is 0 Å². The van der Waals surface area contributed by atoms with Crippen LogP contribution in [0.3, 0.4) is 0 Å². The minimum absolute atomic E-state index is 0.843. The highest BCUT2D eigenvalue weighted by Gasteiger charge is 2.25. The zero-order valence-corrected chi connectivity index (χ0v) is 27.0. The second-order valence-electron chi connectivity index (χ2n) is 13.1. The fourth-order valence-corrected chi connectivity index (χ4v) is 8.30. The second-order valence-corrected chi connectivity index (χ2v) is 13.1. The monoisotopic (exact) mass is 636 g/mol. The van der Waals surface area contributed by atoms with Gasteiger partial charge in [0.25, 0.3) is 0 Å². The summed E-state index contributed by atoms with van der Waals surface area (Å²) in [6.45, 7) is 0. The largest absolute Gasteiger partial charge is 0.456 e. The summed E-state index contributed by atoms with van der Waals surface area (Å²) in [6.07, 6.45) is 0. The molecule has 0 radical (unpaired) electrons. The molecule has 0 amide bonds. The van der Waals surface area contributed by atoms with Crippen LogP contribution in [0.4, 0.5) is 0 Å². The SMILES string of the molecule is c1ccc(-c2oc3cc4c(cc3c2-c2c3ccccc3c(-c3cc5ccccc5c5ccccc35)c3ccccc23)oc2ccccc24)cc1. The van der Waals surface area contributed by atoms with Gasteiger partial charge in [-0.25, -0.2) is 0 Å². The van der Waals surface area contributed by atoms with E-state index in [-0.39, 0.29) is 0 Å². The normalized spacial score (nSPS) is 12.0. The van der Waals surface area contributed by atoms with Crippen molar-refractivity contribution in [3.63, 3.8) is 0 Å². The van der Waals surface area contributed by atoms with Crippen LogP contribution >= 0.6 is 0 Å². The highest BCUT2D eigenvalue weighted by molar-refractivity contribution is 6.28. The van der Waals surface area contributed by atoms with E-state index >= 15 is 0 Å². The molecule has 0 aliphatic heterocycles. The molecule has 11 aromatic rings. The molecule has 232 valence electrons. The van der Waals surface area contributed by atoms with Crippen LogP contribution in [0.2, 0.25) is 0 Å². The van der Waals surface area contributed by atoms with Gasteiger partial charge < -0.3 is 8.83 Å². The maximum absolute atomic E-state index is 6.94. The third-order valence-electron chi connectivity index (χ3n) is 10.4. The molecule has 2 aromatic heterocycles. The Morgan fingerprint density at radius 3 is 1.52 bits per heavy atom. The zero-order valence-electron chi connectivity index (χ0n) is 27.0. The van der Waals surface area contributed by atoms with Gasteiger partial charge in [0.05, 0.1) is 0 Å². The highest BCUT2D eigenvalue weighted by Crippen LogP contribution is 2.51. The Morgan fingerprint density at radius 1 is 0.280 bits per heavy atom. The van der Waals surface area contributed by atoms with Crippen molar-refractivity contribution in [1.29, 1.82) is 0 Å².